The van der Waals surface area contributed by atoms with E-state index in [0.717, 1.165) is 12.8 Å². The lowest BCUT2D eigenvalue weighted by molar-refractivity contribution is -0.121. The van der Waals surface area contributed by atoms with Gasteiger partial charge < -0.3 is 11.1 Å². The zero-order valence-electron chi connectivity index (χ0n) is 14.9. The lowest BCUT2D eigenvalue weighted by Crippen LogP contribution is -2.47. The molecular formula is C19H36N2O. The summed E-state index contributed by atoms with van der Waals surface area (Å²) >= 11 is 0. The summed E-state index contributed by atoms with van der Waals surface area (Å²) in [5, 5.41) is 3.13. The monoisotopic (exact) mass is 308 g/mol. The number of carbonyl (C=O) groups excluding carboxylic acids is 1. The highest BCUT2D eigenvalue weighted by molar-refractivity contribution is 5.78. The van der Waals surface area contributed by atoms with Gasteiger partial charge in [0.05, 0.1) is 6.54 Å². The van der Waals surface area contributed by atoms with Crippen molar-refractivity contribution < 1.29 is 4.79 Å². The zero-order chi connectivity index (χ0) is 16.4. The van der Waals surface area contributed by atoms with Crippen LogP contribution in [0.5, 0.6) is 0 Å². The minimum absolute atomic E-state index is 0.0272. The molecule has 1 amide bonds. The molecule has 0 aromatic carbocycles. The maximum Gasteiger partial charge on any atom is 0.233 e. The maximum atomic E-state index is 11.7. The van der Waals surface area contributed by atoms with Gasteiger partial charge in [-0.15, -0.1) is 0 Å². The number of nitrogens with two attached hydrogens (primary N) is 1. The number of unbranched alkanes of at least 4 members (excludes halogenated alkanes) is 5. The van der Waals surface area contributed by atoms with E-state index in [1.54, 1.807) is 0 Å². The van der Waals surface area contributed by atoms with E-state index in [1.807, 2.05) is 0 Å². The van der Waals surface area contributed by atoms with Crippen molar-refractivity contribution in [3.05, 3.63) is 12.2 Å². The van der Waals surface area contributed by atoms with Gasteiger partial charge in [-0.2, -0.15) is 0 Å². The summed E-state index contributed by atoms with van der Waals surface area (Å²) in [6.07, 6.45) is 15.9. The Balaban J connectivity index is 2.42. The number of hydrogen-bond acceptors (Lipinski definition) is 2. The average Bonchev–Trinajstić information content (AvgIpc) is 2.47. The molecule has 0 heterocycles. The fourth-order valence-electron chi connectivity index (χ4n) is 3.40. The first-order valence-corrected chi connectivity index (χ1v) is 9.14. The van der Waals surface area contributed by atoms with Crippen molar-refractivity contribution in [2.75, 3.05) is 6.54 Å². The van der Waals surface area contributed by atoms with E-state index in [1.165, 1.54) is 44.9 Å². The molecule has 3 nitrogen and oxygen atoms in total. The molecule has 3 N–H and O–H groups in total. The minimum atomic E-state index is -0.0272. The van der Waals surface area contributed by atoms with E-state index in [2.05, 4.69) is 38.2 Å². The van der Waals surface area contributed by atoms with Gasteiger partial charge in [0.2, 0.25) is 5.91 Å². The normalized spacial score (nSPS) is 24.5. The number of hydrogen-bond donors (Lipinski definition) is 2. The van der Waals surface area contributed by atoms with Crippen molar-refractivity contribution >= 4 is 5.91 Å². The molecule has 0 aromatic rings. The molecule has 0 aromatic heterocycles. The molecule has 1 saturated carbocycles. The van der Waals surface area contributed by atoms with Crippen molar-refractivity contribution in [1.82, 2.24) is 5.32 Å². The van der Waals surface area contributed by atoms with Gasteiger partial charge in [0.1, 0.15) is 0 Å². The molecule has 0 aliphatic heterocycles. The zero-order valence-corrected chi connectivity index (χ0v) is 14.9. The summed E-state index contributed by atoms with van der Waals surface area (Å²) in [4.78, 5) is 11.7. The number of carbonyl (C=O) groups is 1. The van der Waals surface area contributed by atoms with Gasteiger partial charge in [0.25, 0.3) is 0 Å². The van der Waals surface area contributed by atoms with Crippen LogP contribution >= 0.6 is 0 Å². The van der Waals surface area contributed by atoms with Gasteiger partial charge in [0.15, 0.2) is 0 Å². The van der Waals surface area contributed by atoms with Crippen LogP contribution in [0.3, 0.4) is 0 Å². The van der Waals surface area contributed by atoms with Gasteiger partial charge in [-0.25, -0.2) is 0 Å². The Hall–Kier alpha value is -0.830. The van der Waals surface area contributed by atoms with Crippen molar-refractivity contribution in [3.8, 4) is 0 Å². The second-order valence-corrected chi connectivity index (χ2v) is 7.58. The van der Waals surface area contributed by atoms with E-state index in [9.17, 15) is 4.79 Å². The largest absolute Gasteiger partial charge is 0.352 e. The van der Waals surface area contributed by atoms with Crippen LogP contribution in [0.15, 0.2) is 12.2 Å². The summed E-state index contributed by atoms with van der Waals surface area (Å²) < 4.78 is 0. The lowest BCUT2D eigenvalue weighted by atomic mass is 9.70. The van der Waals surface area contributed by atoms with Crippen molar-refractivity contribution in [2.24, 2.45) is 17.1 Å². The van der Waals surface area contributed by atoms with Crippen LogP contribution in [0, 0.1) is 11.3 Å². The number of amides is 1. The summed E-state index contributed by atoms with van der Waals surface area (Å²) in [7, 11) is 0. The third kappa shape index (κ3) is 7.44. The lowest BCUT2D eigenvalue weighted by Gasteiger charge is -2.40. The fourth-order valence-corrected chi connectivity index (χ4v) is 3.40. The Morgan fingerprint density at radius 3 is 2.68 bits per heavy atom. The smallest absolute Gasteiger partial charge is 0.233 e. The second-order valence-electron chi connectivity index (χ2n) is 7.58. The van der Waals surface area contributed by atoms with Crippen molar-refractivity contribution in [2.45, 2.75) is 84.6 Å². The summed E-state index contributed by atoms with van der Waals surface area (Å²) in [6, 6.07) is 0.246. The third-order valence-corrected chi connectivity index (χ3v) is 4.83. The molecular weight excluding hydrogens is 272 g/mol. The Labute approximate surface area is 137 Å². The molecule has 2 unspecified atom stereocenters. The first-order chi connectivity index (χ1) is 10.5. The second kappa shape index (κ2) is 10.0. The molecule has 1 aliphatic carbocycles. The van der Waals surface area contributed by atoms with E-state index in [-0.39, 0.29) is 18.5 Å². The molecule has 1 rings (SSSR count). The van der Waals surface area contributed by atoms with Gasteiger partial charge in [-0.05, 0) is 43.4 Å². The highest BCUT2D eigenvalue weighted by atomic mass is 16.1. The summed E-state index contributed by atoms with van der Waals surface area (Å²) in [6.45, 7) is 6.93. The standard InChI is InChI=1S/C19H36N2O/c1-4-5-6-7-8-9-10-11-16-12-13-19(2,3)14-17(16)21-18(22)15-20/h10-11,16-17H,4-9,12-15,20H2,1-3H3,(H,21,22)/b11-10+. The molecule has 1 fully saturated rings. The Morgan fingerprint density at radius 2 is 2.00 bits per heavy atom. The Kier molecular flexibility index (Phi) is 8.77. The molecule has 128 valence electrons. The Bertz CT molecular complexity index is 349. The third-order valence-electron chi connectivity index (χ3n) is 4.83. The van der Waals surface area contributed by atoms with Crippen LogP contribution in [0.25, 0.3) is 0 Å². The first-order valence-electron chi connectivity index (χ1n) is 9.14. The summed E-state index contributed by atoms with van der Waals surface area (Å²) in [5.74, 6) is 0.444. The summed E-state index contributed by atoms with van der Waals surface area (Å²) in [5.41, 5.74) is 5.77. The van der Waals surface area contributed by atoms with Crippen LogP contribution < -0.4 is 11.1 Å². The average molecular weight is 309 g/mol. The van der Waals surface area contributed by atoms with E-state index in [0.29, 0.717) is 11.3 Å². The molecule has 2 atom stereocenters. The molecule has 0 saturated heterocycles. The predicted octanol–water partition coefficient (Wildman–Crippen LogP) is 4.17. The van der Waals surface area contributed by atoms with Gasteiger partial charge >= 0.3 is 0 Å². The van der Waals surface area contributed by atoms with Crippen LogP contribution in [0.1, 0.15) is 78.6 Å². The fraction of sp³-hybridized carbons (Fsp3) is 0.842. The minimum Gasteiger partial charge on any atom is -0.352 e. The van der Waals surface area contributed by atoms with Gasteiger partial charge in [-0.1, -0.05) is 58.6 Å². The van der Waals surface area contributed by atoms with Crippen LogP contribution in [-0.2, 0) is 4.79 Å². The van der Waals surface area contributed by atoms with Crippen LogP contribution in [0.2, 0.25) is 0 Å². The maximum absolute atomic E-state index is 11.7. The molecule has 22 heavy (non-hydrogen) atoms. The molecule has 1 aliphatic rings. The van der Waals surface area contributed by atoms with E-state index < -0.39 is 0 Å². The first kappa shape index (κ1) is 19.2. The van der Waals surface area contributed by atoms with E-state index >= 15 is 0 Å². The van der Waals surface area contributed by atoms with E-state index in [4.69, 9.17) is 5.73 Å². The highest BCUT2D eigenvalue weighted by Crippen LogP contribution is 2.38. The predicted molar refractivity (Wildman–Crippen MR) is 94.6 cm³/mol. The van der Waals surface area contributed by atoms with Gasteiger partial charge in [-0.3, -0.25) is 4.79 Å². The highest BCUT2D eigenvalue weighted by Gasteiger charge is 2.34. The topological polar surface area (TPSA) is 55.1 Å². The van der Waals surface area contributed by atoms with Crippen molar-refractivity contribution in [1.29, 1.82) is 0 Å². The molecule has 0 radical (unpaired) electrons. The molecule has 0 spiro atoms. The number of nitrogens with one attached hydrogen (secondary N) is 1. The van der Waals surface area contributed by atoms with Crippen molar-refractivity contribution in [3.63, 3.8) is 0 Å². The molecule has 3 heteroatoms. The quantitative estimate of drug-likeness (QED) is 0.496. The van der Waals surface area contributed by atoms with Crippen LogP contribution in [-0.4, -0.2) is 18.5 Å². The number of rotatable bonds is 9. The van der Waals surface area contributed by atoms with Crippen LogP contribution in [0.4, 0.5) is 0 Å². The number of allylic oxidation sites excluding steroid dienone is 1. The Morgan fingerprint density at radius 1 is 1.27 bits per heavy atom. The SMILES string of the molecule is CCCCCCC/C=C/C1CCC(C)(C)CC1NC(=O)CN. The van der Waals surface area contributed by atoms with Gasteiger partial charge in [0, 0.05) is 6.04 Å². The molecule has 0 bridgehead atoms.